The molecule has 1 atom stereocenters. The molecule has 0 spiro atoms. The van der Waals surface area contributed by atoms with Crippen LogP contribution in [0.25, 0.3) is 0 Å². The quantitative estimate of drug-likeness (QED) is 0.818. The molecule has 2 N–H and O–H groups in total. The van der Waals surface area contributed by atoms with E-state index in [0.717, 1.165) is 16.9 Å². The predicted octanol–water partition coefficient (Wildman–Crippen LogP) is 1.92. The van der Waals surface area contributed by atoms with Crippen molar-refractivity contribution in [1.29, 1.82) is 5.26 Å². The molecule has 3 nitrogen and oxygen atoms in total. The van der Waals surface area contributed by atoms with Crippen LogP contribution in [-0.4, -0.2) is 12.1 Å². The summed E-state index contributed by atoms with van der Waals surface area (Å²) >= 11 is 0. The normalized spacial score (nSPS) is 14.1. The maximum atomic E-state index is 8.76. The lowest BCUT2D eigenvalue weighted by atomic mass is 10.1. The van der Waals surface area contributed by atoms with Gasteiger partial charge in [-0.2, -0.15) is 5.26 Å². The fourth-order valence-corrected chi connectivity index (χ4v) is 1.28. The van der Waals surface area contributed by atoms with Crippen LogP contribution in [0.3, 0.4) is 0 Å². The third-order valence-electron chi connectivity index (χ3n) is 2.18. The van der Waals surface area contributed by atoms with E-state index >= 15 is 0 Å². The molecule has 80 valence electrons. The molecule has 0 aromatic heterocycles. The first kappa shape index (κ1) is 11.5. The Kier molecular flexibility index (Phi) is 3.33. The summed E-state index contributed by atoms with van der Waals surface area (Å²) in [6.07, 6.45) is 0. The number of nitrogens with two attached hydrogens (primary N) is 1. The summed E-state index contributed by atoms with van der Waals surface area (Å²) in [5, 5.41) is 8.76. The van der Waals surface area contributed by atoms with Crippen LogP contribution in [-0.2, 0) is 0 Å². The second-order valence-corrected chi connectivity index (χ2v) is 4.04. The standard InChI is InChI=1S/C12H16N2O/c1-9-5-4-6-10(2)11(9)15-8-12(3,14)7-13/h4-6H,8,14H2,1-3H3. The van der Waals surface area contributed by atoms with E-state index in [1.807, 2.05) is 38.1 Å². The van der Waals surface area contributed by atoms with Gasteiger partial charge in [0.15, 0.2) is 0 Å². The first-order valence-electron chi connectivity index (χ1n) is 4.85. The highest BCUT2D eigenvalue weighted by molar-refractivity contribution is 5.39. The van der Waals surface area contributed by atoms with E-state index in [1.54, 1.807) is 6.92 Å². The number of benzene rings is 1. The fraction of sp³-hybridized carbons (Fsp3) is 0.417. The zero-order chi connectivity index (χ0) is 11.5. The van der Waals surface area contributed by atoms with E-state index in [9.17, 15) is 0 Å². The molecule has 1 aromatic rings. The van der Waals surface area contributed by atoms with E-state index in [1.165, 1.54) is 0 Å². The molecule has 0 amide bonds. The average Bonchev–Trinajstić information content (AvgIpc) is 2.17. The summed E-state index contributed by atoms with van der Waals surface area (Å²) in [5.74, 6) is 0.824. The van der Waals surface area contributed by atoms with Crippen LogP contribution in [0.15, 0.2) is 18.2 Å². The van der Waals surface area contributed by atoms with Crippen LogP contribution in [0.5, 0.6) is 5.75 Å². The minimum atomic E-state index is -0.936. The van der Waals surface area contributed by atoms with Crippen molar-refractivity contribution in [1.82, 2.24) is 0 Å². The Morgan fingerprint density at radius 1 is 1.40 bits per heavy atom. The number of hydrogen-bond acceptors (Lipinski definition) is 3. The lowest BCUT2D eigenvalue weighted by molar-refractivity contribution is 0.261. The monoisotopic (exact) mass is 204 g/mol. The Morgan fingerprint density at radius 2 is 1.93 bits per heavy atom. The fourth-order valence-electron chi connectivity index (χ4n) is 1.28. The van der Waals surface area contributed by atoms with E-state index in [0.29, 0.717) is 0 Å². The largest absolute Gasteiger partial charge is 0.490 e. The van der Waals surface area contributed by atoms with Crippen molar-refractivity contribution in [3.05, 3.63) is 29.3 Å². The molecule has 3 heteroatoms. The highest BCUT2D eigenvalue weighted by Gasteiger charge is 2.19. The molecule has 0 aliphatic carbocycles. The average molecular weight is 204 g/mol. The van der Waals surface area contributed by atoms with Crippen molar-refractivity contribution < 1.29 is 4.74 Å². The van der Waals surface area contributed by atoms with Crippen LogP contribution in [0, 0.1) is 25.2 Å². The maximum absolute atomic E-state index is 8.76. The minimum absolute atomic E-state index is 0.204. The third-order valence-corrected chi connectivity index (χ3v) is 2.18. The molecule has 0 radical (unpaired) electrons. The summed E-state index contributed by atoms with van der Waals surface area (Å²) in [6, 6.07) is 7.93. The van der Waals surface area contributed by atoms with Crippen molar-refractivity contribution in [2.75, 3.05) is 6.61 Å². The second kappa shape index (κ2) is 4.33. The first-order valence-corrected chi connectivity index (χ1v) is 4.85. The first-order chi connectivity index (χ1) is 6.96. The van der Waals surface area contributed by atoms with Crippen LogP contribution >= 0.6 is 0 Å². The molecule has 0 aliphatic heterocycles. The van der Waals surface area contributed by atoms with Gasteiger partial charge in [-0.25, -0.2) is 0 Å². The number of nitriles is 1. The molecule has 0 fully saturated rings. The molecule has 15 heavy (non-hydrogen) atoms. The number of para-hydroxylation sites is 1. The lowest BCUT2D eigenvalue weighted by Crippen LogP contribution is -2.40. The summed E-state index contributed by atoms with van der Waals surface area (Å²) in [6.45, 7) is 5.81. The van der Waals surface area contributed by atoms with Gasteiger partial charge in [0.05, 0.1) is 6.07 Å². The van der Waals surface area contributed by atoms with Gasteiger partial charge in [-0.05, 0) is 31.9 Å². The predicted molar refractivity (Wildman–Crippen MR) is 59.6 cm³/mol. The zero-order valence-corrected chi connectivity index (χ0v) is 9.37. The van der Waals surface area contributed by atoms with Gasteiger partial charge in [0.25, 0.3) is 0 Å². The Balaban J connectivity index is 2.79. The molecular formula is C12H16N2O. The zero-order valence-electron chi connectivity index (χ0n) is 9.37. The Hall–Kier alpha value is -1.53. The Bertz CT molecular complexity index is 371. The van der Waals surface area contributed by atoms with Gasteiger partial charge in [-0.3, -0.25) is 0 Å². The maximum Gasteiger partial charge on any atom is 0.135 e. The lowest BCUT2D eigenvalue weighted by Gasteiger charge is -2.18. The number of rotatable bonds is 3. The van der Waals surface area contributed by atoms with Crippen molar-refractivity contribution >= 4 is 0 Å². The highest BCUT2D eigenvalue weighted by atomic mass is 16.5. The Labute approximate surface area is 90.5 Å². The van der Waals surface area contributed by atoms with Gasteiger partial charge in [-0.15, -0.1) is 0 Å². The van der Waals surface area contributed by atoms with Gasteiger partial charge >= 0.3 is 0 Å². The molecule has 1 rings (SSSR count). The second-order valence-electron chi connectivity index (χ2n) is 4.04. The van der Waals surface area contributed by atoms with Gasteiger partial charge in [0, 0.05) is 0 Å². The number of hydrogen-bond donors (Lipinski definition) is 1. The van der Waals surface area contributed by atoms with E-state index in [-0.39, 0.29) is 6.61 Å². The molecule has 1 aromatic carbocycles. The van der Waals surface area contributed by atoms with Gasteiger partial charge < -0.3 is 10.5 Å². The molecule has 1 unspecified atom stereocenters. The molecular weight excluding hydrogens is 188 g/mol. The SMILES string of the molecule is Cc1cccc(C)c1OCC(C)(N)C#N. The van der Waals surface area contributed by atoms with Crippen molar-refractivity contribution in [3.63, 3.8) is 0 Å². The third kappa shape index (κ3) is 2.97. The van der Waals surface area contributed by atoms with Gasteiger partial charge in [0.1, 0.15) is 17.9 Å². The molecule has 0 saturated carbocycles. The topological polar surface area (TPSA) is 59.0 Å². The number of nitrogens with zero attached hydrogens (tertiary/aromatic N) is 1. The van der Waals surface area contributed by atoms with Crippen LogP contribution in [0.4, 0.5) is 0 Å². The molecule has 0 heterocycles. The van der Waals surface area contributed by atoms with Crippen LogP contribution in [0.2, 0.25) is 0 Å². The van der Waals surface area contributed by atoms with E-state index < -0.39 is 5.54 Å². The summed E-state index contributed by atoms with van der Waals surface area (Å²) in [4.78, 5) is 0. The highest BCUT2D eigenvalue weighted by Crippen LogP contribution is 2.22. The van der Waals surface area contributed by atoms with Crippen LogP contribution < -0.4 is 10.5 Å². The van der Waals surface area contributed by atoms with E-state index in [4.69, 9.17) is 15.7 Å². The summed E-state index contributed by atoms with van der Waals surface area (Å²) in [7, 11) is 0. The Morgan fingerprint density at radius 3 is 2.40 bits per heavy atom. The van der Waals surface area contributed by atoms with Crippen molar-refractivity contribution in [3.8, 4) is 11.8 Å². The van der Waals surface area contributed by atoms with Gasteiger partial charge in [-0.1, -0.05) is 18.2 Å². The smallest absolute Gasteiger partial charge is 0.135 e. The van der Waals surface area contributed by atoms with Crippen molar-refractivity contribution in [2.45, 2.75) is 26.3 Å². The van der Waals surface area contributed by atoms with Crippen molar-refractivity contribution in [2.24, 2.45) is 5.73 Å². The molecule has 0 aliphatic rings. The summed E-state index contributed by atoms with van der Waals surface area (Å²) in [5.41, 5.74) is 6.86. The summed E-state index contributed by atoms with van der Waals surface area (Å²) < 4.78 is 5.58. The van der Waals surface area contributed by atoms with Gasteiger partial charge in [0.2, 0.25) is 0 Å². The molecule has 0 bridgehead atoms. The number of ether oxygens (including phenoxy) is 1. The van der Waals surface area contributed by atoms with E-state index in [2.05, 4.69) is 0 Å². The molecule has 0 saturated heterocycles. The van der Waals surface area contributed by atoms with Crippen LogP contribution in [0.1, 0.15) is 18.1 Å². The number of aryl methyl sites for hydroxylation is 2. The minimum Gasteiger partial charge on any atom is -0.490 e.